The molecular formula is C20H31N3O2. The fraction of sp³-hybridized carbons (Fsp3) is 0.650. The first-order chi connectivity index (χ1) is 12.3. The van der Waals surface area contributed by atoms with Crippen molar-refractivity contribution in [1.82, 2.24) is 15.1 Å². The van der Waals surface area contributed by atoms with Crippen molar-refractivity contribution in [3.8, 4) is 0 Å². The Morgan fingerprint density at radius 2 is 1.80 bits per heavy atom. The topological polar surface area (TPSA) is 44.8 Å². The van der Waals surface area contributed by atoms with Crippen molar-refractivity contribution in [3.05, 3.63) is 35.9 Å². The van der Waals surface area contributed by atoms with Crippen LogP contribution in [0.4, 0.5) is 0 Å². The van der Waals surface area contributed by atoms with Gasteiger partial charge in [0.15, 0.2) is 0 Å². The number of amides is 1. The van der Waals surface area contributed by atoms with E-state index in [0.29, 0.717) is 5.91 Å². The molecule has 138 valence electrons. The number of nitrogens with one attached hydrogen (secondary N) is 1. The smallest absolute Gasteiger partial charge is 0.233 e. The van der Waals surface area contributed by atoms with Gasteiger partial charge >= 0.3 is 0 Å². The van der Waals surface area contributed by atoms with Crippen LogP contribution in [-0.2, 0) is 14.9 Å². The highest BCUT2D eigenvalue weighted by molar-refractivity contribution is 5.88. The molecule has 3 rings (SSSR count). The number of carbonyl (C=O) groups is 1. The number of carbonyl (C=O) groups excluding carboxylic acids is 1. The van der Waals surface area contributed by atoms with Crippen molar-refractivity contribution >= 4 is 5.91 Å². The molecule has 1 aromatic carbocycles. The molecule has 0 saturated carbocycles. The minimum atomic E-state index is -0.347. The molecule has 2 aliphatic rings. The minimum absolute atomic E-state index is 0.324. The van der Waals surface area contributed by atoms with Crippen LogP contribution in [0.3, 0.4) is 0 Å². The van der Waals surface area contributed by atoms with Gasteiger partial charge in [-0.15, -0.1) is 0 Å². The predicted octanol–water partition coefficient (Wildman–Crippen LogP) is 1.49. The Kier molecular flexibility index (Phi) is 6.45. The summed E-state index contributed by atoms with van der Waals surface area (Å²) in [6, 6.07) is 10.4. The summed E-state index contributed by atoms with van der Waals surface area (Å²) in [6.45, 7) is 9.91. The van der Waals surface area contributed by atoms with Crippen LogP contribution in [0.25, 0.3) is 0 Å². The molecule has 1 aromatic rings. The van der Waals surface area contributed by atoms with E-state index in [1.54, 1.807) is 0 Å². The summed E-state index contributed by atoms with van der Waals surface area (Å²) in [6.07, 6.45) is 1.78. The molecule has 0 aliphatic carbocycles. The molecule has 25 heavy (non-hydrogen) atoms. The third-order valence-electron chi connectivity index (χ3n) is 5.61. The zero-order valence-corrected chi connectivity index (χ0v) is 15.4. The number of piperazine rings is 1. The highest BCUT2D eigenvalue weighted by atomic mass is 16.5. The number of piperidine rings is 1. The van der Waals surface area contributed by atoms with Gasteiger partial charge < -0.3 is 15.0 Å². The molecule has 2 aliphatic heterocycles. The summed E-state index contributed by atoms with van der Waals surface area (Å²) in [4.78, 5) is 18.0. The molecule has 1 amide bonds. The monoisotopic (exact) mass is 345 g/mol. The Balaban J connectivity index is 1.66. The Labute approximate surface area is 151 Å². The van der Waals surface area contributed by atoms with E-state index < -0.39 is 0 Å². The Bertz CT molecular complexity index is 535. The summed E-state index contributed by atoms with van der Waals surface area (Å²) >= 11 is 0. The minimum Gasteiger partial charge on any atom is -0.380 e. The third-order valence-corrected chi connectivity index (χ3v) is 5.61. The molecule has 2 saturated heterocycles. The van der Waals surface area contributed by atoms with E-state index in [1.165, 1.54) is 5.56 Å². The highest BCUT2D eigenvalue weighted by Gasteiger charge is 2.43. The van der Waals surface area contributed by atoms with Gasteiger partial charge in [0.25, 0.3) is 0 Å². The van der Waals surface area contributed by atoms with Gasteiger partial charge in [-0.05, 0) is 38.4 Å². The maximum absolute atomic E-state index is 13.5. The maximum Gasteiger partial charge on any atom is 0.233 e. The van der Waals surface area contributed by atoms with Gasteiger partial charge in [-0.2, -0.15) is 0 Å². The zero-order chi connectivity index (χ0) is 17.5. The largest absolute Gasteiger partial charge is 0.380 e. The van der Waals surface area contributed by atoms with E-state index in [-0.39, 0.29) is 5.41 Å². The van der Waals surface area contributed by atoms with Gasteiger partial charge in [0.1, 0.15) is 0 Å². The lowest BCUT2D eigenvalue weighted by Crippen LogP contribution is -2.57. The molecule has 0 radical (unpaired) electrons. The van der Waals surface area contributed by atoms with Crippen LogP contribution in [0.5, 0.6) is 0 Å². The van der Waals surface area contributed by atoms with Crippen molar-refractivity contribution in [1.29, 1.82) is 0 Å². The fourth-order valence-electron chi connectivity index (χ4n) is 4.05. The first-order valence-electron chi connectivity index (χ1n) is 9.62. The quantitative estimate of drug-likeness (QED) is 0.794. The number of nitrogens with zero attached hydrogens (tertiary/aromatic N) is 2. The maximum atomic E-state index is 13.5. The van der Waals surface area contributed by atoms with Crippen LogP contribution >= 0.6 is 0 Å². The highest BCUT2D eigenvalue weighted by Crippen LogP contribution is 2.35. The van der Waals surface area contributed by atoms with Gasteiger partial charge in [0.05, 0.1) is 12.0 Å². The van der Waals surface area contributed by atoms with Crippen LogP contribution in [0, 0.1) is 0 Å². The number of hydrogen-bond donors (Lipinski definition) is 1. The standard InChI is InChI=1S/C20H31N3O2/c1-2-25-17-16-22-12-14-23(15-13-22)19(24)20(8-10-21-11-9-20)18-6-4-3-5-7-18/h3-7,21H,2,8-17H2,1H3. The second-order valence-electron chi connectivity index (χ2n) is 7.03. The fourth-order valence-corrected chi connectivity index (χ4v) is 4.05. The SMILES string of the molecule is CCOCCN1CCN(C(=O)C2(c3ccccc3)CCNCC2)CC1. The molecular weight excluding hydrogens is 314 g/mol. The molecule has 0 atom stereocenters. The van der Waals surface area contributed by atoms with E-state index in [0.717, 1.165) is 71.9 Å². The lowest BCUT2D eigenvalue weighted by Gasteiger charge is -2.43. The van der Waals surface area contributed by atoms with E-state index in [1.807, 2.05) is 13.0 Å². The molecule has 5 nitrogen and oxygen atoms in total. The number of benzene rings is 1. The summed E-state index contributed by atoms with van der Waals surface area (Å²) < 4.78 is 5.45. The van der Waals surface area contributed by atoms with E-state index in [4.69, 9.17) is 4.74 Å². The summed E-state index contributed by atoms with van der Waals surface area (Å²) in [7, 11) is 0. The van der Waals surface area contributed by atoms with Crippen molar-refractivity contribution < 1.29 is 9.53 Å². The second kappa shape index (κ2) is 8.79. The molecule has 1 N–H and O–H groups in total. The summed E-state index contributed by atoms with van der Waals surface area (Å²) in [5.41, 5.74) is 0.834. The van der Waals surface area contributed by atoms with Gasteiger partial charge in [-0.3, -0.25) is 9.69 Å². The molecule has 0 unspecified atom stereocenters. The zero-order valence-electron chi connectivity index (χ0n) is 15.4. The predicted molar refractivity (Wildman–Crippen MR) is 99.7 cm³/mol. The van der Waals surface area contributed by atoms with Crippen molar-refractivity contribution in [2.75, 3.05) is 59.0 Å². The van der Waals surface area contributed by atoms with Crippen molar-refractivity contribution in [2.45, 2.75) is 25.2 Å². The van der Waals surface area contributed by atoms with Gasteiger partial charge in [0.2, 0.25) is 5.91 Å². The van der Waals surface area contributed by atoms with Crippen molar-refractivity contribution in [2.24, 2.45) is 0 Å². The Morgan fingerprint density at radius 3 is 2.44 bits per heavy atom. The van der Waals surface area contributed by atoms with E-state index in [2.05, 4.69) is 39.4 Å². The molecule has 2 heterocycles. The molecule has 0 aromatic heterocycles. The number of ether oxygens (including phenoxy) is 1. The average molecular weight is 345 g/mol. The van der Waals surface area contributed by atoms with Crippen LogP contribution < -0.4 is 5.32 Å². The normalized spacial score (nSPS) is 21.2. The van der Waals surface area contributed by atoms with E-state index in [9.17, 15) is 4.79 Å². The van der Waals surface area contributed by atoms with Gasteiger partial charge in [0, 0.05) is 39.3 Å². The number of rotatable bonds is 6. The Morgan fingerprint density at radius 1 is 1.12 bits per heavy atom. The second-order valence-corrected chi connectivity index (χ2v) is 7.03. The summed E-state index contributed by atoms with van der Waals surface area (Å²) in [5.74, 6) is 0.324. The van der Waals surface area contributed by atoms with Crippen LogP contribution in [0.1, 0.15) is 25.3 Å². The average Bonchev–Trinajstić information content (AvgIpc) is 2.69. The van der Waals surface area contributed by atoms with Crippen LogP contribution in [-0.4, -0.2) is 74.7 Å². The first-order valence-corrected chi connectivity index (χ1v) is 9.62. The molecule has 0 bridgehead atoms. The molecule has 5 heteroatoms. The summed E-state index contributed by atoms with van der Waals surface area (Å²) in [5, 5.41) is 3.41. The Hall–Kier alpha value is -1.43. The van der Waals surface area contributed by atoms with Crippen LogP contribution in [0.2, 0.25) is 0 Å². The lowest BCUT2D eigenvalue weighted by molar-refractivity contribution is -0.140. The van der Waals surface area contributed by atoms with Crippen LogP contribution in [0.15, 0.2) is 30.3 Å². The third kappa shape index (κ3) is 4.22. The molecule has 0 spiro atoms. The van der Waals surface area contributed by atoms with E-state index >= 15 is 0 Å². The van der Waals surface area contributed by atoms with Gasteiger partial charge in [-0.1, -0.05) is 30.3 Å². The first kappa shape index (κ1) is 18.4. The van der Waals surface area contributed by atoms with Gasteiger partial charge in [-0.25, -0.2) is 0 Å². The molecule has 2 fully saturated rings. The van der Waals surface area contributed by atoms with Crippen molar-refractivity contribution in [3.63, 3.8) is 0 Å². The lowest BCUT2D eigenvalue weighted by atomic mass is 9.72. The number of hydrogen-bond acceptors (Lipinski definition) is 4.